The Morgan fingerprint density at radius 2 is 2.13 bits per heavy atom. The Bertz CT molecular complexity index is 870. The lowest BCUT2D eigenvalue weighted by Crippen LogP contribution is -2.21. The number of pyridine rings is 1. The molecule has 3 aromatic rings. The summed E-state index contributed by atoms with van der Waals surface area (Å²) in [7, 11) is 0. The number of rotatable bonds is 4. The summed E-state index contributed by atoms with van der Waals surface area (Å²) in [5, 5.41) is 1.46. The number of nitrogens with zero attached hydrogens (tertiary/aromatic N) is 2. The Hall–Kier alpha value is -2.67. The van der Waals surface area contributed by atoms with E-state index in [1.807, 2.05) is 30.5 Å². The van der Waals surface area contributed by atoms with Crippen LogP contribution in [0.2, 0.25) is 0 Å². The first-order chi connectivity index (χ1) is 11.2. The molecule has 0 aliphatic carbocycles. The SMILES string of the molecule is CSc1ncccc1C(=O)OCc1nc2ccccc2c(N)[nH+]1. The minimum Gasteiger partial charge on any atom is -0.451 e. The maximum Gasteiger partial charge on any atom is 0.341 e. The second kappa shape index (κ2) is 6.62. The summed E-state index contributed by atoms with van der Waals surface area (Å²) >= 11 is 1.39. The van der Waals surface area contributed by atoms with Crippen LogP contribution in [-0.4, -0.2) is 22.2 Å². The van der Waals surface area contributed by atoms with Gasteiger partial charge in [-0.3, -0.25) is 0 Å². The number of para-hydroxylation sites is 1. The van der Waals surface area contributed by atoms with Gasteiger partial charge in [-0.1, -0.05) is 12.1 Å². The molecule has 0 aliphatic rings. The third-order valence-electron chi connectivity index (χ3n) is 3.25. The van der Waals surface area contributed by atoms with Crippen LogP contribution in [0.25, 0.3) is 10.9 Å². The Balaban J connectivity index is 1.79. The molecular weight excluding hydrogens is 312 g/mol. The molecule has 0 unspecified atom stereocenters. The summed E-state index contributed by atoms with van der Waals surface area (Å²) in [6, 6.07) is 10.9. The minimum absolute atomic E-state index is 0.0105. The van der Waals surface area contributed by atoms with E-state index in [2.05, 4.69) is 15.0 Å². The molecule has 0 saturated heterocycles. The number of hydrogen-bond acceptors (Lipinski definition) is 6. The monoisotopic (exact) mass is 327 g/mol. The number of carbonyl (C=O) groups is 1. The van der Waals surface area contributed by atoms with Crippen molar-refractivity contribution >= 4 is 34.5 Å². The van der Waals surface area contributed by atoms with Crippen LogP contribution < -0.4 is 10.7 Å². The van der Waals surface area contributed by atoms with E-state index < -0.39 is 5.97 Å². The van der Waals surface area contributed by atoms with Gasteiger partial charge < -0.3 is 10.5 Å². The number of hydrogen-bond donors (Lipinski definition) is 1. The average Bonchev–Trinajstić information content (AvgIpc) is 2.59. The first kappa shape index (κ1) is 15.2. The summed E-state index contributed by atoms with van der Waals surface area (Å²) in [6.45, 7) is 0.0105. The third kappa shape index (κ3) is 3.24. The lowest BCUT2D eigenvalue weighted by molar-refractivity contribution is -0.381. The molecule has 3 rings (SSSR count). The highest BCUT2D eigenvalue weighted by Gasteiger charge is 2.16. The van der Waals surface area contributed by atoms with Crippen molar-refractivity contribution in [2.45, 2.75) is 11.6 Å². The highest BCUT2D eigenvalue weighted by molar-refractivity contribution is 7.98. The summed E-state index contributed by atoms with van der Waals surface area (Å²) < 4.78 is 5.32. The fraction of sp³-hybridized carbons (Fsp3) is 0.125. The van der Waals surface area contributed by atoms with E-state index >= 15 is 0 Å². The quantitative estimate of drug-likeness (QED) is 0.583. The first-order valence-electron chi connectivity index (χ1n) is 6.91. The van der Waals surface area contributed by atoms with Gasteiger partial charge in [0, 0.05) is 6.20 Å². The van der Waals surface area contributed by atoms with Crippen molar-refractivity contribution in [3.63, 3.8) is 0 Å². The van der Waals surface area contributed by atoms with Crippen LogP contribution in [0.3, 0.4) is 0 Å². The fourth-order valence-electron chi connectivity index (χ4n) is 2.18. The Labute approximate surface area is 137 Å². The van der Waals surface area contributed by atoms with Crippen LogP contribution in [0.1, 0.15) is 16.2 Å². The highest BCUT2D eigenvalue weighted by atomic mass is 32.2. The number of esters is 1. The zero-order valence-corrected chi connectivity index (χ0v) is 13.3. The Morgan fingerprint density at radius 1 is 1.30 bits per heavy atom. The van der Waals surface area contributed by atoms with Crippen molar-refractivity contribution in [2.75, 3.05) is 12.0 Å². The van der Waals surface area contributed by atoms with Crippen LogP contribution in [0.5, 0.6) is 0 Å². The van der Waals surface area contributed by atoms with Crippen molar-refractivity contribution in [1.29, 1.82) is 0 Å². The van der Waals surface area contributed by atoms with Crippen LogP contribution in [0, 0.1) is 0 Å². The van der Waals surface area contributed by atoms with Crippen molar-refractivity contribution in [3.05, 3.63) is 54.0 Å². The lowest BCUT2D eigenvalue weighted by Gasteiger charge is -2.06. The van der Waals surface area contributed by atoms with Gasteiger partial charge >= 0.3 is 5.97 Å². The number of nitrogen functional groups attached to an aromatic ring is 1. The van der Waals surface area contributed by atoms with Gasteiger partial charge in [0.2, 0.25) is 5.82 Å². The summed E-state index contributed by atoms with van der Waals surface area (Å²) in [4.78, 5) is 23.7. The number of nitrogens with two attached hydrogens (primary N) is 1. The van der Waals surface area contributed by atoms with E-state index in [-0.39, 0.29) is 6.61 Å². The molecule has 0 aliphatic heterocycles. The van der Waals surface area contributed by atoms with Crippen LogP contribution >= 0.6 is 11.8 Å². The normalized spacial score (nSPS) is 10.7. The predicted molar refractivity (Wildman–Crippen MR) is 87.8 cm³/mol. The predicted octanol–water partition coefficient (Wildman–Crippen LogP) is 2.10. The molecule has 0 spiro atoms. The number of thioether (sulfide) groups is 1. The molecule has 0 fully saturated rings. The van der Waals surface area contributed by atoms with Gasteiger partial charge in [0.25, 0.3) is 5.82 Å². The molecule has 0 amide bonds. The van der Waals surface area contributed by atoms with Crippen molar-refractivity contribution < 1.29 is 14.5 Å². The second-order valence-corrected chi connectivity index (χ2v) is 5.55. The number of aromatic nitrogens is 3. The number of aromatic amines is 1. The number of fused-ring (bicyclic) bond motifs is 1. The lowest BCUT2D eigenvalue weighted by atomic mass is 10.2. The molecule has 2 aromatic heterocycles. The largest absolute Gasteiger partial charge is 0.451 e. The maximum absolute atomic E-state index is 12.2. The van der Waals surface area contributed by atoms with Gasteiger partial charge in [0.15, 0.2) is 12.1 Å². The maximum atomic E-state index is 12.2. The van der Waals surface area contributed by atoms with E-state index in [0.717, 1.165) is 10.9 Å². The summed E-state index contributed by atoms with van der Waals surface area (Å²) in [5.74, 6) is 0.543. The van der Waals surface area contributed by atoms with Gasteiger partial charge in [-0.2, -0.15) is 0 Å². The molecule has 116 valence electrons. The fourth-order valence-corrected chi connectivity index (χ4v) is 2.72. The topological polar surface area (TPSA) is 92.2 Å². The molecule has 2 heterocycles. The first-order valence-corrected chi connectivity index (χ1v) is 8.14. The average molecular weight is 327 g/mol. The molecule has 1 aromatic carbocycles. The van der Waals surface area contributed by atoms with Gasteiger partial charge in [0.1, 0.15) is 5.03 Å². The van der Waals surface area contributed by atoms with Gasteiger partial charge in [-0.05, 0) is 30.5 Å². The van der Waals surface area contributed by atoms with Gasteiger partial charge in [-0.25, -0.2) is 14.8 Å². The minimum atomic E-state index is -0.440. The molecule has 0 atom stereocenters. The van der Waals surface area contributed by atoms with Gasteiger partial charge in [-0.15, -0.1) is 16.7 Å². The van der Waals surface area contributed by atoms with E-state index in [1.165, 1.54) is 11.8 Å². The van der Waals surface area contributed by atoms with Crippen LogP contribution in [-0.2, 0) is 11.3 Å². The van der Waals surface area contributed by atoms with E-state index in [4.69, 9.17) is 10.5 Å². The smallest absolute Gasteiger partial charge is 0.341 e. The molecule has 7 heteroatoms. The highest BCUT2D eigenvalue weighted by Crippen LogP contribution is 2.18. The third-order valence-corrected chi connectivity index (χ3v) is 3.97. The number of carbonyl (C=O) groups excluding carboxylic acids is 1. The Kier molecular flexibility index (Phi) is 4.38. The molecule has 6 nitrogen and oxygen atoms in total. The molecule has 0 radical (unpaired) electrons. The zero-order valence-electron chi connectivity index (χ0n) is 12.4. The Morgan fingerprint density at radius 3 is 2.96 bits per heavy atom. The van der Waals surface area contributed by atoms with E-state index in [0.29, 0.717) is 22.2 Å². The number of benzene rings is 1. The van der Waals surface area contributed by atoms with Crippen molar-refractivity contribution in [2.24, 2.45) is 0 Å². The van der Waals surface area contributed by atoms with Gasteiger partial charge in [0.05, 0.1) is 10.9 Å². The number of H-pyrrole nitrogens is 1. The standard InChI is InChI=1S/C16H14N4O2S/c1-23-15-11(6-4-8-18-15)16(21)22-9-13-19-12-7-3-2-5-10(12)14(17)20-13/h2-8H,9H2,1H3,(H2,17,19,20)/p+1. The summed E-state index contributed by atoms with van der Waals surface area (Å²) in [6.07, 6.45) is 3.50. The van der Waals surface area contributed by atoms with Crippen molar-refractivity contribution in [1.82, 2.24) is 9.97 Å². The van der Waals surface area contributed by atoms with E-state index in [1.54, 1.807) is 18.3 Å². The second-order valence-electron chi connectivity index (χ2n) is 4.75. The number of nitrogens with one attached hydrogen (secondary N) is 1. The van der Waals surface area contributed by atoms with E-state index in [9.17, 15) is 4.79 Å². The zero-order chi connectivity index (χ0) is 16.2. The number of anilines is 1. The molecule has 23 heavy (non-hydrogen) atoms. The summed E-state index contributed by atoms with van der Waals surface area (Å²) in [5.41, 5.74) is 7.16. The number of ether oxygens (including phenoxy) is 1. The molecular formula is C16H15N4O2S+. The van der Waals surface area contributed by atoms with Crippen molar-refractivity contribution in [3.8, 4) is 0 Å². The molecule has 0 saturated carbocycles. The van der Waals surface area contributed by atoms with Crippen LogP contribution in [0.15, 0.2) is 47.6 Å². The molecule has 0 bridgehead atoms. The van der Waals surface area contributed by atoms with Crippen LogP contribution in [0.4, 0.5) is 5.82 Å². The molecule has 3 N–H and O–H groups in total.